The molecule has 2 rings (SSSR count). The summed E-state index contributed by atoms with van der Waals surface area (Å²) in [4.78, 5) is 13.1. The summed E-state index contributed by atoms with van der Waals surface area (Å²) in [5, 5.41) is 3.35. The Morgan fingerprint density at radius 1 is 1.38 bits per heavy atom. The van der Waals surface area contributed by atoms with Gasteiger partial charge in [0.1, 0.15) is 5.75 Å². The maximum absolute atomic E-state index is 12.3. The quantitative estimate of drug-likeness (QED) is 0.907. The molecule has 0 radical (unpaired) electrons. The largest absolute Gasteiger partial charge is 0.434 e. The Morgan fingerprint density at radius 3 is 2.67 bits per heavy atom. The van der Waals surface area contributed by atoms with Crippen LogP contribution >= 0.6 is 0 Å². The molecule has 1 saturated heterocycles. The van der Waals surface area contributed by atoms with E-state index in [-0.39, 0.29) is 11.7 Å². The minimum absolute atomic E-state index is 0.101. The number of benzene rings is 1. The fraction of sp³-hybridized carbons (Fsp3) is 0.533. The lowest BCUT2D eigenvalue weighted by molar-refractivity contribution is -0.129. The number of piperidine rings is 1. The van der Waals surface area contributed by atoms with Gasteiger partial charge in [0.2, 0.25) is 5.91 Å². The summed E-state index contributed by atoms with van der Waals surface area (Å²) in [6.45, 7) is 0.717. The molecule has 116 valence electrons. The van der Waals surface area contributed by atoms with Gasteiger partial charge in [0.05, 0.1) is 0 Å². The molecule has 0 spiro atoms. The van der Waals surface area contributed by atoms with E-state index >= 15 is 0 Å². The maximum Gasteiger partial charge on any atom is 0.387 e. The normalized spacial score (nSPS) is 16.3. The zero-order chi connectivity index (χ0) is 15.2. The SMILES string of the molecule is CC(=O)N1CCC(NCc2ccccc2OC(F)F)CC1. The highest BCUT2D eigenvalue weighted by Gasteiger charge is 2.20. The number of ether oxygens (including phenoxy) is 1. The molecule has 0 aliphatic carbocycles. The molecular weight excluding hydrogens is 278 g/mol. The number of amides is 1. The second-order valence-corrected chi connectivity index (χ2v) is 5.15. The van der Waals surface area contributed by atoms with E-state index in [0.29, 0.717) is 18.2 Å². The zero-order valence-corrected chi connectivity index (χ0v) is 12.0. The third kappa shape index (κ3) is 4.67. The molecule has 1 aromatic rings. The molecule has 1 fully saturated rings. The minimum Gasteiger partial charge on any atom is -0.434 e. The Balaban J connectivity index is 1.85. The molecule has 21 heavy (non-hydrogen) atoms. The van der Waals surface area contributed by atoms with Gasteiger partial charge in [0.25, 0.3) is 0 Å². The monoisotopic (exact) mass is 298 g/mol. The lowest BCUT2D eigenvalue weighted by Gasteiger charge is -2.32. The number of likely N-dealkylation sites (tertiary alicyclic amines) is 1. The van der Waals surface area contributed by atoms with Crippen molar-refractivity contribution < 1.29 is 18.3 Å². The molecule has 4 nitrogen and oxygen atoms in total. The molecule has 0 bridgehead atoms. The second kappa shape index (κ2) is 7.36. The lowest BCUT2D eigenvalue weighted by atomic mass is 10.0. The number of nitrogens with zero attached hydrogens (tertiary/aromatic N) is 1. The summed E-state index contributed by atoms with van der Waals surface area (Å²) in [5.74, 6) is 0.310. The van der Waals surface area contributed by atoms with E-state index in [1.54, 1.807) is 31.2 Å². The first-order valence-electron chi connectivity index (χ1n) is 7.08. The van der Waals surface area contributed by atoms with Crippen molar-refractivity contribution in [3.05, 3.63) is 29.8 Å². The third-order valence-electron chi connectivity index (χ3n) is 3.71. The molecule has 1 amide bonds. The van der Waals surface area contributed by atoms with Crippen molar-refractivity contribution in [1.82, 2.24) is 10.2 Å². The van der Waals surface area contributed by atoms with E-state index in [1.807, 2.05) is 4.90 Å². The molecule has 0 saturated carbocycles. The van der Waals surface area contributed by atoms with E-state index in [0.717, 1.165) is 25.9 Å². The van der Waals surface area contributed by atoms with Crippen molar-refractivity contribution in [3.8, 4) is 5.75 Å². The number of carbonyl (C=O) groups excluding carboxylic acids is 1. The topological polar surface area (TPSA) is 41.6 Å². The Kier molecular flexibility index (Phi) is 5.50. The molecule has 1 aliphatic heterocycles. The molecule has 6 heteroatoms. The van der Waals surface area contributed by atoms with Gasteiger partial charge in [-0.2, -0.15) is 8.78 Å². The summed E-state index contributed by atoms with van der Waals surface area (Å²) in [5.41, 5.74) is 0.715. The number of hydrogen-bond acceptors (Lipinski definition) is 3. The molecule has 0 atom stereocenters. The number of nitrogens with one attached hydrogen (secondary N) is 1. The summed E-state index contributed by atoms with van der Waals surface area (Å²) in [6, 6.07) is 7.08. The molecule has 0 aromatic heterocycles. The summed E-state index contributed by atoms with van der Waals surface area (Å²) in [7, 11) is 0. The Morgan fingerprint density at radius 2 is 2.05 bits per heavy atom. The Bertz CT molecular complexity index is 474. The summed E-state index contributed by atoms with van der Waals surface area (Å²) in [6.07, 6.45) is 1.74. The van der Waals surface area contributed by atoms with Crippen molar-refractivity contribution in [2.75, 3.05) is 13.1 Å². The number of para-hydroxylation sites is 1. The highest BCUT2D eigenvalue weighted by molar-refractivity contribution is 5.73. The number of alkyl halides is 2. The van der Waals surface area contributed by atoms with Gasteiger partial charge in [0, 0.05) is 38.2 Å². The van der Waals surface area contributed by atoms with Gasteiger partial charge in [-0.05, 0) is 18.9 Å². The van der Waals surface area contributed by atoms with Gasteiger partial charge in [0.15, 0.2) is 0 Å². The van der Waals surface area contributed by atoms with E-state index in [4.69, 9.17) is 0 Å². The summed E-state index contributed by atoms with van der Waals surface area (Å²) < 4.78 is 29.2. The summed E-state index contributed by atoms with van der Waals surface area (Å²) >= 11 is 0. The average Bonchev–Trinajstić information content (AvgIpc) is 2.46. The first-order valence-corrected chi connectivity index (χ1v) is 7.08. The van der Waals surface area contributed by atoms with Crippen LogP contribution in [-0.2, 0) is 11.3 Å². The fourth-order valence-corrected chi connectivity index (χ4v) is 2.51. The van der Waals surface area contributed by atoms with Gasteiger partial charge >= 0.3 is 6.61 Å². The van der Waals surface area contributed by atoms with Crippen LogP contribution in [0.15, 0.2) is 24.3 Å². The highest BCUT2D eigenvalue weighted by Crippen LogP contribution is 2.21. The van der Waals surface area contributed by atoms with Gasteiger partial charge in [-0.1, -0.05) is 18.2 Å². The van der Waals surface area contributed by atoms with Crippen LogP contribution in [0.2, 0.25) is 0 Å². The van der Waals surface area contributed by atoms with E-state index < -0.39 is 6.61 Å². The smallest absolute Gasteiger partial charge is 0.387 e. The van der Waals surface area contributed by atoms with Gasteiger partial charge < -0.3 is 15.0 Å². The number of hydrogen-bond donors (Lipinski definition) is 1. The van der Waals surface area contributed by atoms with Crippen LogP contribution in [0.4, 0.5) is 8.78 Å². The standard InChI is InChI=1S/C15H20F2N2O2/c1-11(20)19-8-6-13(7-9-19)18-10-12-4-2-3-5-14(12)21-15(16)17/h2-5,13,15,18H,6-10H2,1H3. The van der Waals surface area contributed by atoms with Crippen LogP contribution in [-0.4, -0.2) is 36.5 Å². The Hall–Kier alpha value is -1.69. The minimum atomic E-state index is -2.81. The molecule has 1 aromatic carbocycles. The van der Waals surface area contributed by atoms with Crippen molar-refractivity contribution in [2.24, 2.45) is 0 Å². The van der Waals surface area contributed by atoms with Crippen molar-refractivity contribution >= 4 is 5.91 Å². The molecule has 1 heterocycles. The van der Waals surface area contributed by atoms with Crippen LogP contribution in [0, 0.1) is 0 Å². The van der Waals surface area contributed by atoms with Crippen LogP contribution in [0.5, 0.6) is 5.75 Å². The first-order chi connectivity index (χ1) is 10.1. The Labute approximate surface area is 123 Å². The third-order valence-corrected chi connectivity index (χ3v) is 3.71. The van der Waals surface area contributed by atoms with E-state index in [9.17, 15) is 13.6 Å². The van der Waals surface area contributed by atoms with Gasteiger partial charge in [-0.25, -0.2) is 0 Å². The van der Waals surface area contributed by atoms with E-state index in [2.05, 4.69) is 10.1 Å². The molecule has 1 aliphatic rings. The zero-order valence-electron chi connectivity index (χ0n) is 12.0. The van der Waals surface area contributed by atoms with Crippen LogP contribution in [0.25, 0.3) is 0 Å². The second-order valence-electron chi connectivity index (χ2n) is 5.15. The number of halogens is 2. The van der Waals surface area contributed by atoms with Crippen LogP contribution in [0.3, 0.4) is 0 Å². The van der Waals surface area contributed by atoms with Crippen molar-refractivity contribution in [1.29, 1.82) is 0 Å². The predicted molar refractivity (Wildman–Crippen MR) is 75.2 cm³/mol. The number of carbonyl (C=O) groups is 1. The maximum atomic E-state index is 12.3. The number of rotatable bonds is 5. The van der Waals surface area contributed by atoms with Crippen molar-refractivity contribution in [3.63, 3.8) is 0 Å². The van der Waals surface area contributed by atoms with Crippen LogP contribution in [0.1, 0.15) is 25.3 Å². The molecular formula is C15H20F2N2O2. The highest BCUT2D eigenvalue weighted by atomic mass is 19.3. The van der Waals surface area contributed by atoms with Gasteiger partial charge in [-0.3, -0.25) is 4.79 Å². The molecule has 0 unspecified atom stereocenters. The van der Waals surface area contributed by atoms with E-state index in [1.165, 1.54) is 0 Å². The van der Waals surface area contributed by atoms with Crippen LogP contribution < -0.4 is 10.1 Å². The van der Waals surface area contributed by atoms with Crippen molar-refractivity contribution in [2.45, 2.75) is 39.0 Å². The predicted octanol–water partition coefficient (Wildman–Crippen LogP) is 2.39. The lowest BCUT2D eigenvalue weighted by Crippen LogP contribution is -2.43. The fourth-order valence-electron chi connectivity index (χ4n) is 2.51. The average molecular weight is 298 g/mol. The van der Waals surface area contributed by atoms with Gasteiger partial charge in [-0.15, -0.1) is 0 Å². The molecule has 1 N–H and O–H groups in total. The first kappa shape index (κ1) is 15.7.